The van der Waals surface area contributed by atoms with Gasteiger partial charge in [-0.1, -0.05) is 13.8 Å². The lowest BCUT2D eigenvalue weighted by atomic mass is 9.90. The molecule has 1 fully saturated rings. The smallest absolute Gasteiger partial charge is 0.305 e. The molecule has 0 radical (unpaired) electrons. The summed E-state index contributed by atoms with van der Waals surface area (Å²) in [5, 5.41) is 12.6. The Bertz CT molecular complexity index is 1650. The third kappa shape index (κ3) is 8.26. The van der Waals surface area contributed by atoms with Gasteiger partial charge < -0.3 is 19.9 Å². The Labute approximate surface area is 268 Å². The quantitative estimate of drug-likeness (QED) is 0.235. The summed E-state index contributed by atoms with van der Waals surface area (Å²) in [6.45, 7) is 12.3. The number of carboxylic acids is 1. The van der Waals surface area contributed by atoms with Gasteiger partial charge >= 0.3 is 5.97 Å². The first-order chi connectivity index (χ1) is 21.6. The van der Waals surface area contributed by atoms with Crippen molar-refractivity contribution in [2.75, 3.05) is 19.6 Å². The number of pyridine rings is 1. The van der Waals surface area contributed by atoms with Crippen LogP contribution in [0, 0.1) is 45.2 Å². The largest absolute Gasteiger partial charge is 0.481 e. The molecule has 1 aliphatic heterocycles. The van der Waals surface area contributed by atoms with Gasteiger partial charge in [-0.15, -0.1) is 0 Å². The van der Waals surface area contributed by atoms with Crippen molar-refractivity contribution in [3.63, 3.8) is 0 Å². The summed E-state index contributed by atoms with van der Waals surface area (Å²) >= 11 is 0. The predicted molar refractivity (Wildman–Crippen MR) is 173 cm³/mol. The molecule has 7 nitrogen and oxygen atoms in total. The van der Waals surface area contributed by atoms with Crippen molar-refractivity contribution in [1.82, 2.24) is 14.8 Å². The van der Waals surface area contributed by atoms with E-state index in [-0.39, 0.29) is 29.0 Å². The van der Waals surface area contributed by atoms with Crippen molar-refractivity contribution >= 4 is 11.9 Å². The number of halogens is 3. The summed E-state index contributed by atoms with van der Waals surface area (Å²) in [6.07, 6.45) is 1.57. The maximum Gasteiger partial charge on any atom is 0.305 e. The molecule has 1 saturated heterocycles. The molecule has 4 rings (SSSR count). The van der Waals surface area contributed by atoms with Gasteiger partial charge in [0.15, 0.2) is 0 Å². The standard InChI is InChI=1S/C36H44F3N3O4/c1-20(2)11-31(42-18-25(21(3)15-32(42)43)7-9-41-10-8-27(37)19-41)36(46)40-30(17-33(44)45)29-16-26(12-24(6)35(29)39)34-22(4)13-28(38)14-23(34)5/h12-16,18,20,27,30-31H,7-11,17,19H2,1-6H3,(H,40,46)(H,44,45)/t27-,30?,31?/m1/s1. The van der Waals surface area contributed by atoms with Gasteiger partial charge in [0.2, 0.25) is 5.91 Å². The minimum atomic E-state index is -1.25. The van der Waals surface area contributed by atoms with Gasteiger partial charge in [0.25, 0.3) is 5.56 Å². The highest BCUT2D eigenvalue weighted by Crippen LogP contribution is 2.34. The van der Waals surface area contributed by atoms with Crippen molar-refractivity contribution in [2.45, 2.75) is 85.5 Å². The van der Waals surface area contributed by atoms with Crippen LogP contribution in [0.3, 0.4) is 0 Å². The second kappa shape index (κ2) is 14.7. The summed E-state index contributed by atoms with van der Waals surface area (Å²) < 4.78 is 44.9. The first-order valence-electron chi connectivity index (χ1n) is 15.8. The average Bonchev–Trinajstić information content (AvgIpc) is 3.36. The van der Waals surface area contributed by atoms with Gasteiger partial charge in [-0.25, -0.2) is 13.2 Å². The van der Waals surface area contributed by atoms with Crippen LogP contribution in [0.2, 0.25) is 0 Å². The molecular formula is C36H44F3N3O4. The normalized spacial score (nSPS) is 16.5. The van der Waals surface area contributed by atoms with E-state index in [1.165, 1.54) is 28.8 Å². The summed E-state index contributed by atoms with van der Waals surface area (Å²) in [5.74, 6) is -2.91. The van der Waals surface area contributed by atoms with Crippen LogP contribution in [-0.2, 0) is 16.0 Å². The average molecular weight is 640 g/mol. The van der Waals surface area contributed by atoms with Gasteiger partial charge in [0, 0.05) is 37.5 Å². The van der Waals surface area contributed by atoms with Crippen LogP contribution in [0.1, 0.15) is 78.6 Å². The highest BCUT2D eigenvalue weighted by molar-refractivity contribution is 5.82. The molecule has 1 aromatic heterocycles. The van der Waals surface area contributed by atoms with Crippen LogP contribution in [0.5, 0.6) is 0 Å². The summed E-state index contributed by atoms with van der Waals surface area (Å²) in [7, 11) is 0. The number of rotatable bonds is 12. The van der Waals surface area contributed by atoms with Crippen LogP contribution in [-0.4, -0.2) is 52.3 Å². The number of aromatic nitrogens is 1. The van der Waals surface area contributed by atoms with Crippen molar-refractivity contribution < 1.29 is 27.9 Å². The fourth-order valence-electron chi connectivity index (χ4n) is 6.49. The number of likely N-dealkylation sites (tertiary alicyclic amines) is 1. The number of amides is 1. The molecule has 1 aliphatic rings. The molecule has 3 aromatic rings. The minimum absolute atomic E-state index is 0.00843. The molecule has 0 spiro atoms. The van der Waals surface area contributed by atoms with E-state index in [4.69, 9.17) is 0 Å². The molecule has 2 N–H and O–H groups in total. The van der Waals surface area contributed by atoms with Crippen LogP contribution < -0.4 is 10.9 Å². The van der Waals surface area contributed by atoms with Crippen LogP contribution in [0.4, 0.5) is 13.2 Å². The van der Waals surface area contributed by atoms with Crippen molar-refractivity contribution in [1.29, 1.82) is 0 Å². The Morgan fingerprint density at radius 2 is 1.67 bits per heavy atom. The number of nitrogens with one attached hydrogen (secondary N) is 1. The number of carbonyl (C=O) groups is 2. The molecule has 46 heavy (non-hydrogen) atoms. The molecule has 2 aromatic carbocycles. The first-order valence-corrected chi connectivity index (χ1v) is 15.8. The van der Waals surface area contributed by atoms with Gasteiger partial charge in [-0.2, -0.15) is 0 Å². The van der Waals surface area contributed by atoms with Crippen molar-refractivity contribution in [3.05, 3.63) is 91.9 Å². The molecular weight excluding hydrogens is 595 g/mol. The number of nitrogens with zero attached hydrogens (tertiary/aromatic N) is 2. The predicted octanol–water partition coefficient (Wildman–Crippen LogP) is 6.53. The Kier molecular flexibility index (Phi) is 11.1. The topological polar surface area (TPSA) is 91.6 Å². The second-order valence-corrected chi connectivity index (χ2v) is 13.1. The van der Waals surface area contributed by atoms with E-state index >= 15 is 4.39 Å². The van der Waals surface area contributed by atoms with E-state index in [1.54, 1.807) is 33.0 Å². The number of aliphatic carboxylic acids is 1. The van der Waals surface area contributed by atoms with E-state index in [1.807, 2.05) is 25.7 Å². The van der Waals surface area contributed by atoms with Crippen molar-refractivity contribution in [2.24, 2.45) is 5.92 Å². The minimum Gasteiger partial charge on any atom is -0.481 e. The SMILES string of the molecule is Cc1cc(=O)n(C(CC(C)C)C(=O)NC(CC(=O)O)c2cc(-c3c(C)cc(F)cc3C)cc(C)c2F)cc1CCN1CC[C@@H](F)C1. The zero-order valence-corrected chi connectivity index (χ0v) is 27.4. The number of benzene rings is 2. The van der Waals surface area contributed by atoms with E-state index in [9.17, 15) is 28.3 Å². The van der Waals surface area contributed by atoms with E-state index in [2.05, 4.69) is 5.32 Å². The second-order valence-electron chi connectivity index (χ2n) is 13.1. The van der Waals surface area contributed by atoms with Crippen molar-refractivity contribution in [3.8, 4) is 11.1 Å². The zero-order valence-electron chi connectivity index (χ0n) is 27.4. The zero-order chi connectivity index (χ0) is 33.9. The molecule has 0 saturated carbocycles. The molecule has 0 aliphatic carbocycles. The van der Waals surface area contributed by atoms with Gasteiger partial charge in [-0.3, -0.25) is 14.4 Å². The Morgan fingerprint density at radius 1 is 1.00 bits per heavy atom. The van der Waals surface area contributed by atoms with Gasteiger partial charge in [0.05, 0.1) is 12.5 Å². The number of aryl methyl sites for hydroxylation is 4. The third-order valence-corrected chi connectivity index (χ3v) is 8.78. The molecule has 10 heteroatoms. The molecule has 248 valence electrons. The molecule has 0 bridgehead atoms. The third-order valence-electron chi connectivity index (χ3n) is 8.78. The number of alkyl halides is 1. The van der Waals surface area contributed by atoms with Gasteiger partial charge in [0.1, 0.15) is 23.8 Å². The number of carboxylic acid groups (broad SMARTS) is 1. The fourth-order valence-corrected chi connectivity index (χ4v) is 6.49. The summed E-state index contributed by atoms with van der Waals surface area (Å²) in [4.78, 5) is 41.4. The Balaban J connectivity index is 1.71. The lowest BCUT2D eigenvalue weighted by Crippen LogP contribution is -2.40. The Hall–Kier alpha value is -3.92. The molecule has 2 heterocycles. The molecule has 2 unspecified atom stereocenters. The first kappa shape index (κ1) is 34.9. The van der Waals surface area contributed by atoms with Crippen LogP contribution >= 0.6 is 0 Å². The highest BCUT2D eigenvalue weighted by Gasteiger charge is 2.30. The maximum atomic E-state index is 15.8. The van der Waals surface area contributed by atoms with E-state index in [0.717, 1.165) is 11.1 Å². The fraction of sp³-hybridized carbons (Fsp3) is 0.472. The van der Waals surface area contributed by atoms with Crippen LogP contribution in [0.15, 0.2) is 41.3 Å². The lowest BCUT2D eigenvalue weighted by Gasteiger charge is -2.26. The monoisotopic (exact) mass is 639 g/mol. The number of hydrogen-bond donors (Lipinski definition) is 2. The van der Waals surface area contributed by atoms with E-state index < -0.39 is 48.2 Å². The molecule has 1 amide bonds. The van der Waals surface area contributed by atoms with Gasteiger partial charge in [-0.05, 0) is 116 Å². The lowest BCUT2D eigenvalue weighted by molar-refractivity contribution is -0.138. The highest BCUT2D eigenvalue weighted by atomic mass is 19.1. The van der Waals surface area contributed by atoms with E-state index in [0.29, 0.717) is 54.7 Å². The molecule has 3 atom stereocenters. The maximum absolute atomic E-state index is 15.8. The summed E-state index contributed by atoms with van der Waals surface area (Å²) in [5.41, 5.74) is 4.01. The number of carbonyl (C=O) groups excluding carboxylic acids is 1. The van der Waals surface area contributed by atoms with Crippen LogP contribution in [0.25, 0.3) is 11.1 Å². The summed E-state index contributed by atoms with van der Waals surface area (Å²) in [6, 6.07) is 5.14. The number of hydrogen-bond acceptors (Lipinski definition) is 4. The Morgan fingerprint density at radius 3 is 2.26 bits per heavy atom.